The van der Waals surface area contributed by atoms with E-state index in [-0.39, 0.29) is 11.5 Å². The maximum Gasteiger partial charge on any atom is 0.119 e. The molecule has 0 fully saturated rings. The van der Waals surface area contributed by atoms with Crippen LogP contribution in [0.3, 0.4) is 0 Å². The molecule has 0 aliphatic heterocycles. The second-order valence-electron chi connectivity index (χ2n) is 4.71. The normalized spacial score (nSPS) is 23.3. The molecule has 1 aliphatic rings. The minimum Gasteiger partial charge on any atom is -0.508 e. The van der Waals surface area contributed by atoms with E-state index in [1.54, 1.807) is 31.2 Å². The minimum atomic E-state index is -0.763. The molecule has 0 amide bonds. The first-order valence-corrected chi connectivity index (χ1v) is 5.77. The second-order valence-corrected chi connectivity index (χ2v) is 4.71. The third-order valence-corrected chi connectivity index (χ3v) is 2.78. The van der Waals surface area contributed by atoms with Crippen molar-refractivity contribution >= 4 is 6.08 Å². The van der Waals surface area contributed by atoms with Gasteiger partial charge in [0.05, 0.1) is 5.60 Å². The number of hydrogen-bond acceptors (Lipinski definition) is 3. The van der Waals surface area contributed by atoms with Gasteiger partial charge in [0.15, 0.2) is 0 Å². The molecule has 0 saturated heterocycles. The van der Waals surface area contributed by atoms with E-state index in [0.29, 0.717) is 6.42 Å². The van der Waals surface area contributed by atoms with Crippen LogP contribution in [0.4, 0.5) is 0 Å². The predicted octanol–water partition coefficient (Wildman–Crippen LogP) is 2.75. The van der Waals surface area contributed by atoms with E-state index < -0.39 is 5.60 Å². The lowest BCUT2D eigenvalue weighted by Crippen LogP contribution is -2.21. The van der Waals surface area contributed by atoms with Crippen molar-refractivity contribution in [1.29, 1.82) is 0 Å². The largest absolute Gasteiger partial charge is 0.508 e. The summed E-state index contributed by atoms with van der Waals surface area (Å²) in [5, 5.41) is 28.4. The van der Waals surface area contributed by atoms with Gasteiger partial charge in [0.1, 0.15) is 11.5 Å². The topological polar surface area (TPSA) is 60.7 Å². The van der Waals surface area contributed by atoms with Gasteiger partial charge in [-0.15, -0.1) is 0 Å². The van der Waals surface area contributed by atoms with Gasteiger partial charge in [-0.2, -0.15) is 0 Å². The molecule has 94 valence electrons. The van der Waals surface area contributed by atoms with Gasteiger partial charge < -0.3 is 15.3 Å². The number of phenols is 2. The molecule has 1 atom stereocenters. The Labute approximate surface area is 106 Å². The van der Waals surface area contributed by atoms with Crippen LogP contribution in [0.5, 0.6) is 11.5 Å². The summed E-state index contributed by atoms with van der Waals surface area (Å²) in [4.78, 5) is 0. The van der Waals surface area contributed by atoms with Crippen LogP contribution in [-0.4, -0.2) is 20.9 Å². The minimum absolute atomic E-state index is 0.0331. The van der Waals surface area contributed by atoms with Crippen molar-refractivity contribution in [2.45, 2.75) is 18.9 Å². The summed E-state index contributed by atoms with van der Waals surface area (Å²) in [5.74, 6) is 0.0662. The highest BCUT2D eigenvalue weighted by atomic mass is 16.3. The molecule has 0 spiro atoms. The van der Waals surface area contributed by atoms with Crippen molar-refractivity contribution in [1.82, 2.24) is 0 Å². The number of rotatable bonds is 2. The molecule has 1 unspecified atom stereocenters. The SMILES string of the molecule is CC1(O)C=CC(C=Cc2cc(O)cc(O)c2)=CC1. The zero-order chi connectivity index (χ0) is 13.2. The van der Waals surface area contributed by atoms with E-state index in [9.17, 15) is 15.3 Å². The maximum atomic E-state index is 9.73. The molecule has 0 heterocycles. The van der Waals surface area contributed by atoms with E-state index in [1.165, 1.54) is 6.07 Å². The summed E-state index contributed by atoms with van der Waals surface area (Å²) in [5.41, 5.74) is 0.948. The summed E-state index contributed by atoms with van der Waals surface area (Å²) in [7, 11) is 0. The van der Waals surface area contributed by atoms with Crippen LogP contribution in [0.2, 0.25) is 0 Å². The predicted molar refractivity (Wildman–Crippen MR) is 71.3 cm³/mol. The first-order valence-electron chi connectivity index (χ1n) is 5.77. The number of hydrogen-bond donors (Lipinski definition) is 3. The molecule has 18 heavy (non-hydrogen) atoms. The lowest BCUT2D eigenvalue weighted by atomic mass is 9.94. The van der Waals surface area contributed by atoms with Crippen LogP contribution in [0.25, 0.3) is 6.08 Å². The molecule has 2 rings (SSSR count). The van der Waals surface area contributed by atoms with E-state index in [2.05, 4.69) is 0 Å². The van der Waals surface area contributed by atoms with Crippen molar-refractivity contribution in [3.63, 3.8) is 0 Å². The molecule has 0 radical (unpaired) electrons. The lowest BCUT2D eigenvalue weighted by molar-refractivity contribution is 0.114. The van der Waals surface area contributed by atoms with Crippen molar-refractivity contribution in [3.8, 4) is 11.5 Å². The third-order valence-electron chi connectivity index (χ3n) is 2.78. The van der Waals surface area contributed by atoms with Crippen molar-refractivity contribution in [2.24, 2.45) is 0 Å². The molecule has 3 N–H and O–H groups in total. The molecule has 3 heteroatoms. The Balaban J connectivity index is 2.13. The van der Waals surface area contributed by atoms with Crippen molar-refractivity contribution in [2.75, 3.05) is 0 Å². The van der Waals surface area contributed by atoms with E-state index in [0.717, 1.165) is 11.1 Å². The van der Waals surface area contributed by atoms with Crippen LogP contribution in [-0.2, 0) is 0 Å². The van der Waals surface area contributed by atoms with Crippen LogP contribution < -0.4 is 0 Å². The number of allylic oxidation sites excluding steroid dienone is 3. The highest BCUT2D eigenvalue weighted by Gasteiger charge is 2.16. The molecule has 1 aromatic carbocycles. The first-order chi connectivity index (χ1) is 8.44. The Kier molecular flexibility index (Phi) is 3.26. The lowest BCUT2D eigenvalue weighted by Gasteiger charge is -2.20. The van der Waals surface area contributed by atoms with Gasteiger partial charge in [0.25, 0.3) is 0 Å². The first kappa shape index (κ1) is 12.5. The van der Waals surface area contributed by atoms with E-state index in [4.69, 9.17) is 0 Å². The highest BCUT2D eigenvalue weighted by molar-refractivity contribution is 5.58. The van der Waals surface area contributed by atoms with Gasteiger partial charge in [0, 0.05) is 6.07 Å². The molecule has 0 bridgehead atoms. The van der Waals surface area contributed by atoms with Gasteiger partial charge >= 0.3 is 0 Å². The fourth-order valence-corrected chi connectivity index (χ4v) is 1.77. The Hall–Kier alpha value is -2.00. The standard InChI is InChI=1S/C15H16O3/c1-15(18)6-4-11(5-7-15)2-3-12-8-13(16)10-14(17)9-12/h2-6,8-10,16-18H,7H2,1H3. The Morgan fingerprint density at radius 1 is 1.11 bits per heavy atom. The van der Waals surface area contributed by atoms with Gasteiger partial charge in [-0.1, -0.05) is 30.4 Å². The molecule has 0 saturated carbocycles. The van der Waals surface area contributed by atoms with E-state index in [1.807, 2.05) is 18.2 Å². The number of aliphatic hydroxyl groups is 1. The number of phenolic OH excluding ortho intramolecular Hbond substituents is 2. The van der Waals surface area contributed by atoms with Gasteiger partial charge in [-0.25, -0.2) is 0 Å². The van der Waals surface area contributed by atoms with Crippen LogP contribution in [0.1, 0.15) is 18.9 Å². The van der Waals surface area contributed by atoms with Crippen molar-refractivity contribution < 1.29 is 15.3 Å². The third kappa shape index (κ3) is 3.25. The highest BCUT2D eigenvalue weighted by Crippen LogP contribution is 2.24. The fraction of sp³-hybridized carbons (Fsp3) is 0.200. The summed E-state index contributed by atoms with van der Waals surface area (Å²) in [6, 6.07) is 4.42. The zero-order valence-corrected chi connectivity index (χ0v) is 10.2. The maximum absolute atomic E-state index is 9.73. The molecule has 1 aromatic rings. The van der Waals surface area contributed by atoms with Gasteiger partial charge in [-0.3, -0.25) is 0 Å². The smallest absolute Gasteiger partial charge is 0.119 e. The van der Waals surface area contributed by atoms with Crippen LogP contribution >= 0.6 is 0 Å². The van der Waals surface area contributed by atoms with Gasteiger partial charge in [0.2, 0.25) is 0 Å². The fourth-order valence-electron chi connectivity index (χ4n) is 1.77. The quantitative estimate of drug-likeness (QED) is 0.749. The Morgan fingerprint density at radius 3 is 2.33 bits per heavy atom. The second kappa shape index (κ2) is 4.70. The Morgan fingerprint density at radius 2 is 1.78 bits per heavy atom. The van der Waals surface area contributed by atoms with E-state index >= 15 is 0 Å². The van der Waals surface area contributed by atoms with Gasteiger partial charge in [-0.05, 0) is 36.6 Å². The van der Waals surface area contributed by atoms with Crippen LogP contribution in [0.15, 0.2) is 48.1 Å². The summed E-state index contributed by atoms with van der Waals surface area (Å²) in [6.45, 7) is 1.76. The average molecular weight is 244 g/mol. The monoisotopic (exact) mass is 244 g/mol. The number of aromatic hydroxyl groups is 2. The molecular weight excluding hydrogens is 228 g/mol. The zero-order valence-electron chi connectivity index (χ0n) is 10.2. The Bertz CT molecular complexity index is 516. The summed E-state index contributed by atoms with van der Waals surface area (Å²) >= 11 is 0. The molecule has 1 aliphatic carbocycles. The number of benzene rings is 1. The molecule has 3 nitrogen and oxygen atoms in total. The molecule has 0 aromatic heterocycles. The summed E-state index contributed by atoms with van der Waals surface area (Å²) in [6.07, 6.45) is 9.80. The summed E-state index contributed by atoms with van der Waals surface area (Å²) < 4.78 is 0. The van der Waals surface area contributed by atoms with Crippen molar-refractivity contribution in [3.05, 3.63) is 53.6 Å². The van der Waals surface area contributed by atoms with Crippen LogP contribution in [0, 0.1) is 0 Å². The average Bonchev–Trinajstić information content (AvgIpc) is 2.26. The molecular formula is C15H16O3.